The Bertz CT molecular complexity index is 391. The molecule has 4 heteroatoms. The van der Waals surface area contributed by atoms with E-state index in [1.54, 1.807) is 11.9 Å². The molecule has 0 aromatic heterocycles. The van der Waals surface area contributed by atoms with Gasteiger partial charge in [0.25, 0.3) is 0 Å². The van der Waals surface area contributed by atoms with Gasteiger partial charge in [-0.25, -0.2) is 8.78 Å². The maximum absolute atomic E-state index is 13.7. The minimum absolute atomic E-state index is 0.105. The Kier molecular flexibility index (Phi) is 4.32. The molecular formula is C13H20F2N2. The zero-order valence-electron chi connectivity index (χ0n) is 10.8. The van der Waals surface area contributed by atoms with Gasteiger partial charge in [0.05, 0.1) is 11.4 Å². The predicted octanol–water partition coefficient (Wildman–Crippen LogP) is 3.42. The summed E-state index contributed by atoms with van der Waals surface area (Å²) in [7, 11) is 1.74. The van der Waals surface area contributed by atoms with Crippen LogP contribution in [0.15, 0.2) is 12.1 Å². The summed E-state index contributed by atoms with van der Waals surface area (Å²) >= 11 is 0. The van der Waals surface area contributed by atoms with Gasteiger partial charge in [0.2, 0.25) is 0 Å². The molecule has 1 rings (SSSR count). The fourth-order valence-corrected chi connectivity index (χ4v) is 1.97. The first-order valence-electron chi connectivity index (χ1n) is 5.80. The molecule has 2 N–H and O–H groups in total. The highest BCUT2D eigenvalue weighted by Gasteiger charge is 2.20. The maximum Gasteiger partial charge on any atom is 0.184 e. The van der Waals surface area contributed by atoms with Crippen LogP contribution in [0.25, 0.3) is 0 Å². The van der Waals surface area contributed by atoms with Crippen LogP contribution in [-0.4, -0.2) is 13.1 Å². The number of anilines is 2. The zero-order chi connectivity index (χ0) is 13.2. The Labute approximate surface area is 101 Å². The molecule has 0 heterocycles. The lowest BCUT2D eigenvalue weighted by Crippen LogP contribution is -2.31. The first-order valence-corrected chi connectivity index (χ1v) is 5.80. The maximum atomic E-state index is 13.7. The normalized spacial score (nSPS) is 12.9. The van der Waals surface area contributed by atoms with Crippen LogP contribution in [-0.2, 0) is 0 Å². The van der Waals surface area contributed by atoms with Crippen molar-refractivity contribution in [3.05, 3.63) is 23.8 Å². The lowest BCUT2D eigenvalue weighted by Gasteiger charge is -2.29. The molecule has 0 aliphatic heterocycles. The fourth-order valence-electron chi connectivity index (χ4n) is 1.97. The largest absolute Gasteiger partial charge is 0.397 e. The summed E-state index contributed by atoms with van der Waals surface area (Å²) in [5.41, 5.74) is 6.13. The number of nitrogens with two attached hydrogens (primary N) is 1. The second-order valence-electron chi connectivity index (χ2n) is 4.89. The van der Waals surface area contributed by atoms with E-state index in [9.17, 15) is 8.78 Å². The highest BCUT2D eigenvalue weighted by atomic mass is 19.2. The van der Waals surface area contributed by atoms with Gasteiger partial charge in [-0.2, -0.15) is 0 Å². The molecular weight excluding hydrogens is 222 g/mol. The third-order valence-corrected chi connectivity index (χ3v) is 2.93. The summed E-state index contributed by atoms with van der Waals surface area (Å²) in [6.45, 7) is 6.16. The Morgan fingerprint density at radius 1 is 1.24 bits per heavy atom. The summed E-state index contributed by atoms with van der Waals surface area (Å²) in [4.78, 5) is 1.70. The molecule has 1 atom stereocenters. The van der Waals surface area contributed by atoms with E-state index in [2.05, 4.69) is 13.8 Å². The van der Waals surface area contributed by atoms with Gasteiger partial charge >= 0.3 is 0 Å². The molecule has 1 aromatic carbocycles. The molecule has 0 amide bonds. The van der Waals surface area contributed by atoms with Gasteiger partial charge < -0.3 is 10.6 Å². The predicted molar refractivity (Wildman–Crippen MR) is 68.1 cm³/mol. The topological polar surface area (TPSA) is 29.3 Å². The van der Waals surface area contributed by atoms with E-state index in [4.69, 9.17) is 5.73 Å². The smallest absolute Gasteiger partial charge is 0.184 e. The van der Waals surface area contributed by atoms with Crippen molar-refractivity contribution in [2.45, 2.75) is 33.2 Å². The van der Waals surface area contributed by atoms with E-state index in [1.807, 2.05) is 6.92 Å². The molecule has 2 nitrogen and oxygen atoms in total. The fraction of sp³-hybridized carbons (Fsp3) is 0.538. The SMILES string of the molecule is CC(C)CC(C)N(C)c1c(N)ccc(F)c1F. The zero-order valence-corrected chi connectivity index (χ0v) is 10.8. The number of hydrogen-bond donors (Lipinski definition) is 1. The minimum Gasteiger partial charge on any atom is -0.397 e. The summed E-state index contributed by atoms with van der Waals surface area (Å²) < 4.78 is 26.9. The number of halogens is 2. The molecule has 0 spiro atoms. The quantitative estimate of drug-likeness (QED) is 0.820. The summed E-state index contributed by atoms with van der Waals surface area (Å²) in [6.07, 6.45) is 0.895. The van der Waals surface area contributed by atoms with E-state index in [0.717, 1.165) is 12.5 Å². The number of nitrogen functional groups attached to an aromatic ring is 1. The summed E-state index contributed by atoms with van der Waals surface area (Å²) in [5.74, 6) is -1.24. The van der Waals surface area contributed by atoms with Crippen LogP contribution in [0.3, 0.4) is 0 Å². The van der Waals surface area contributed by atoms with E-state index < -0.39 is 11.6 Å². The van der Waals surface area contributed by atoms with Gasteiger partial charge in [0.15, 0.2) is 11.6 Å². The van der Waals surface area contributed by atoms with Crippen molar-refractivity contribution in [1.29, 1.82) is 0 Å². The van der Waals surface area contributed by atoms with Crippen molar-refractivity contribution < 1.29 is 8.78 Å². The van der Waals surface area contributed by atoms with Crippen molar-refractivity contribution in [3.63, 3.8) is 0 Å². The van der Waals surface area contributed by atoms with Crippen LogP contribution in [0.4, 0.5) is 20.2 Å². The Morgan fingerprint density at radius 3 is 2.35 bits per heavy atom. The van der Waals surface area contributed by atoms with Crippen LogP contribution < -0.4 is 10.6 Å². The Morgan fingerprint density at radius 2 is 1.82 bits per heavy atom. The van der Waals surface area contributed by atoms with Gasteiger partial charge in [-0.1, -0.05) is 13.8 Å². The highest BCUT2D eigenvalue weighted by Crippen LogP contribution is 2.30. The first-order chi connectivity index (χ1) is 7.84. The van der Waals surface area contributed by atoms with Crippen molar-refractivity contribution in [3.8, 4) is 0 Å². The van der Waals surface area contributed by atoms with Gasteiger partial charge in [-0.3, -0.25) is 0 Å². The molecule has 17 heavy (non-hydrogen) atoms. The van der Waals surface area contributed by atoms with Crippen LogP contribution >= 0.6 is 0 Å². The van der Waals surface area contributed by atoms with Crippen LogP contribution in [0.5, 0.6) is 0 Å². The molecule has 0 saturated heterocycles. The summed E-state index contributed by atoms with van der Waals surface area (Å²) in [6, 6.07) is 2.55. The second kappa shape index (κ2) is 5.34. The average molecular weight is 242 g/mol. The monoisotopic (exact) mass is 242 g/mol. The van der Waals surface area contributed by atoms with E-state index in [0.29, 0.717) is 5.92 Å². The molecule has 1 aromatic rings. The van der Waals surface area contributed by atoms with Crippen molar-refractivity contribution in [2.24, 2.45) is 5.92 Å². The molecule has 0 fully saturated rings. The molecule has 0 saturated carbocycles. The van der Waals surface area contributed by atoms with E-state index in [1.165, 1.54) is 6.07 Å². The lowest BCUT2D eigenvalue weighted by molar-refractivity contribution is 0.482. The number of nitrogens with zero attached hydrogens (tertiary/aromatic N) is 1. The van der Waals surface area contributed by atoms with Gasteiger partial charge in [0.1, 0.15) is 0 Å². The van der Waals surface area contributed by atoms with Crippen molar-refractivity contribution in [1.82, 2.24) is 0 Å². The van der Waals surface area contributed by atoms with Gasteiger partial charge in [0, 0.05) is 13.1 Å². The third-order valence-electron chi connectivity index (χ3n) is 2.93. The number of rotatable bonds is 4. The Balaban J connectivity index is 3.03. The van der Waals surface area contributed by atoms with Gasteiger partial charge in [-0.05, 0) is 31.4 Å². The third kappa shape index (κ3) is 3.08. The van der Waals surface area contributed by atoms with E-state index in [-0.39, 0.29) is 17.4 Å². The molecule has 0 bridgehead atoms. The molecule has 0 radical (unpaired) electrons. The Hall–Kier alpha value is -1.32. The lowest BCUT2D eigenvalue weighted by atomic mass is 10.0. The molecule has 96 valence electrons. The molecule has 0 aliphatic rings. The van der Waals surface area contributed by atoms with Crippen LogP contribution in [0.2, 0.25) is 0 Å². The highest BCUT2D eigenvalue weighted by molar-refractivity contribution is 5.68. The standard InChI is InChI=1S/C13H20F2N2/c1-8(2)7-9(3)17(4)13-11(16)6-5-10(14)12(13)15/h5-6,8-9H,7,16H2,1-4H3. The molecule has 0 aliphatic carbocycles. The first kappa shape index (κ1) is 13.7. The van der Waals surface area contributed by atoms with Crippen LogP contribution in [0, 0.1) is 17.6 Å². The second-order valence-corrected chi connectivity index (χ2v) is 4.89. The summed E-state index contributed by atoms with van der Waals surface area (Å²) in [5, 5.41) is 0. The molecule has 1 unspecified atom stereocenters. The van der Waals surface area contributed by atoms with E-state index >= 15 is 0 Å². The van der Waals surface area contributed by atoms with Crippen molar-refractivity contribution >= 4 is 11.4 Å². The average Bonchev–Trinajstić information content (AvgIpc) is 2.23. The van der Waals surface area contributed by atoms with Crippen molar-refractivity contribution in [2.75, 3.05) is 17.7 Å². The minimum atomic E-state index is -0.872. The number of hydrogen-bond acceptors (Lipinski definition) is 2. The number of benzene rings is 1. The van der Waals surface area contributed by atoms with Crippen LogP contribution in [0.1, 0.15) is 27.2 Å². The van der Waals surface area contributed by atoms with Gasteiger partial charge in [-0.15, -0.1) is 0 Å².